The zero-order valence-corrected chi connectivity index (χ0v) is 18.0. The van der Waals surface area contributed by atoms with Crippen LogP contribution in [0.25, 0.3) is 0 Å². The normalized spacial score (nSPS) is 21.4. The van der Waals surface area contributed by atoms with Gasteiger partial charge in [0.2, 0.25) is 0 Å². The van der Waals surface area contributed by atoms with Crippen LogP contribution >= 0.6 is 11.3 Å². The van der Waals surface area contributed by atoms with Gasteiger partial charge < -0.3 is 9.47 Å². The Balaban J connectivity index is 1.36. The molecule has 0 N–H and O–H groups in total. The van der Waals surface area contributed by atoms with Gasteiger partial charge in [0.05, 0.1) is 5.51 Å². The molecule has 2 saturated heterocycles. The molecule has 3 aromatic rings. The summed E-state index contributed by atoms with van der Waals surface area (Å²) < 4.78 is 2.06. The number of amides is 1. The highest BCUT2D eigenvalue weighted by Crippen LogP contribution is 2.49. The average molecular weight is 423 g/mol. The molecule has 0 radical (unpaired) electrons. The first-order valence-corrected chi connectivity index (χ1v) is 11.4. The Morgan fingerprint density at radius 2 is 2.03 bits per heavy atom. The Labute approximate surface area is 180 Å². The number of aryl methyl sites for hydroxylation is 1. The van der Waals surface area contributed by atoms with E-state index in [1.54, 1.807) is 11.8 Å². The van der Waals surface area contributed by atoms with Crippen molar-refractivity contribution in [3.63, 3.8) is 0 Å². The van der Waals surface area contributed by atoms with Crippen molar-refractivity contribution in [2.24, 2.45) is 12.5 Å². The fraction of sp³-hybridized carbons (Fsp3) is 0.455. The molecule has 30 heavy (non-hydrogen) atoms. The molecular formula is C22H26N6OS. The summed E-state index contributed by atoms with van der Waals surface area (Å²) in [5, 5.41) is 10.5. The van der Waals surface area contributed by atoms with Crippen molar-refractivity contribution >= 4 is 17.2 Å². The highest BCUT2D eigenvalue weighted by Gasteiger charge is 2.50. The average Bonchev–Trinajstić information content (AvgIpc) is 3.50. The van der Waals surface area contributed by atoms with E-state index in [0.29, 0.717) is 11.6 Å². The van der Waals surface area contributed by atoms with E-state index in [1.165, 1.54) is 16.9 Å². The molecular weight excluding hydrogens is 396 g/mol. The molecule has 0 bridgehead atoms. The number of thiazole rings is 1. The van der Waals surface area contributed by atoms with Crippen LogP contribution in [0.2, 0.25) is 0 Å². The van der Waals surface area contributed by atoms with Crippen molar-refractivity contribution in [1.82, 2.24) is 29.5 Å². The molecule has 2 aliphatic rings. The summed E-state index contributed by atoms with van der Waals surface area (Å²) >= 11 is 1.47. The van der Waals surface area contributed by atoms with Crippen LogP contribution in [0.5, 0.6) is 0 Å². The number of hydrogen-bond acceptors (Lipinski definition) is 6. The van der Waals surface area contributed by atoms with Crippen LogP contribution in [0.15, 0.2) is 47.5 Å². The first-order chi connectivity index (χ1) is 14.6. The minimum Gasteiger partial charge on any atom is -0.337 e. The van der Waals surface area contributed by atoms with E-state index >= 15 is 0 Å². The summed E-state index contributed by atoms with van der Waals surface area (Å²) in [6.45, 7) is 4.48. The first kappa shape index (κ1) is 19.4. The molecule has 156 valence electrons. The van der Waals surface area contributed by atoms with Crippen LogP contribution in [-0.4, -0.2) is 61.6 Å². The number of rotatable bonds is 4. The highest BCUT2D eigenvalue weighted by molar-refractivity contribution is 7.07. The van der Waals surface area contributed by atoms with E-state index in [1.807, 2.05) is 17.3 Å². The number of piperidine rings is 1. The lowest BCUT2D eigenvalue weighted by Crippen LogP contribution is -2.46. The van der Waals surface area contributed by atoms with Crippen LogP contribution < -0.4 is 0 Å². The van der Waals surface area contributed by atoms with Gasteiger partial charge in [-0.2, -0.15) is 0 Å². The van der Waals surface area contributed by atoms with Crippen LogP contribution in [0.3, 0.4) is 0 Å². The third-order valence-electron chi connectivity index (χ3n) is 6.72. The number of carbonyl (C=O) groups excluding carboxylic acids is 1. The maximum atomic E-state index is 12.8. The SMILES string of the molecule is Cn1cnnc1C1CN(Cc2ccccc2)CC12CCN(C(=O)c1cscn1)CC2. The number of benzene rings is 1. The van der Waals surface area contributed by atoms with Gasteiger partial charge in [-0.15, -0.1) is 21.5 Å². The predicted octanol–water partition coefficient (Wildman–Crippen LogP) is 2.79. The van der Waals surface area contributed by atoms with Gasteiger partial charge in [-0.25, -0.2) is 4.98 Å². The minimum absolute atomic E-state index is 0.0560. The predicted molar refractivity (Wildman–Crippen MR) is 115 cm³/mol. The second kappa shape index (κ2) is 7.92. The zero-order chi connectivity index (χ0) is 20.6. The van der Waals surface area contributed by atoms with Gasteiger partial charge in [0.25, 0.3) is 5.91 Å². The van der Waals surface area contributed by atoms with Crippen LogP contribution in [0.1, 0.15) is 40.6 Å². The van der Waals surface area contributed by atoms with Crippen LogP contribution in [-0.2, 0) is 13.6 Å². The number of carbonyl (C=O) groups is 1. The second-order valence-corrected chi connectivity index (χ2v) is 9.25. The maximum Gasteiger partial charge on any atom is 0.273 e. The Bertz CT molecular complexity index is 994. The Hall–Kier alpha value is -2.58. The molecule has 2 aliphatic heterocycles. The standard InChI is InChI=1S/C22H26N6OS/c1-26-15-24-25-20(26)18-12-27(11-17-5-3-2-4-6-17)14-22(18)7-9-28(10-8-22)21(29)19-13-30-16-23-19/h2-6,13,15-16,18H,7-12,14H2,1H3. The Morgan fingerprint density at radius 3 is 2.70 bits per heavy atom. The van der Waals surface area contributed by atoms with E-state index in [0.717, 1.165) is 51.4 Å². The van der Waals surface area contributed by atoms with Crippen molar-refractivity contribution in [1.29, 1.82) is 0 Å². The molecule has 1 spiro atoms. The Kier molecular flexibility index (Phi) is 5.12. The second-order valence-electron chi connectivity index (χ2n) is 8.54. The maximum absolute atomic E-state index is 12.8. The number of nitrogens with zero attached hydrogens (tertiary/aromatic N) is 6. The van der Waals surface area contributed by atoms with E-state index in [4.69, 9.17) is 0 Å². The molecule has 0 saturated carbocycles. The van der Waals surface area contributed by atoms with Crippen LogP contribution in [0.4, 0.5) is 0 Å². The van der Waals surface area contributed by atoms with Gasteiger partial charge in [0.1, 0.15) is 17.8 Å². The fourth-order valence-corrected chi connectivity index (χ4v) is 5.66. The highest BCUT2D eigenvalue weighted by atomic mass is 32.1. The summed E-state index contributed by atoms with van der Waals surface area (Å²) in [6.07, 6.45) is 3.75. The van der Waals surface area contributed by atoms with E-state index in [-0.39, 0.29) is 11.3 Å². The van der Waals surface area contributed by atoms with Gasteiger partial charge >= 0.3 is 0 Å². The molecule has 5 rings (SSSR count). The molecule has 2 fully saturated rings. The lowest BCUT2D eigenvalue weighted by molar-refractivity contribution is 0.0550. The van der Waals surface area contributed by atoms with E-state index in [2.05, 4.69) is 55.0 Å². The van der Waals surface area contributed by atoms with Crippen LogP contribution in [0, 0.1) is 5.41 Å². The molecule has 1 unspecified atom stereocenters. The molecule has 1 aromatic carbocycles. The number of likely N-dealkylation sites (tertiary alicyclic amines) is 2. The Morgan fingerprint density at radius 1 is 1.23 bits per heavy atom. The third-order valence-corrected chi connectivity index (χ3v) is 7.31. The van der Waals surface area contributed by atoms with E-state index in [9.17, 15) is 4.79 Å². The summed E-state index contributed by atoms with van der Waals surface area (Å²) in [5.41, 5.74) is 3.75. The van der Waals surface area contributed by atoms with Crippen molar-refractivity contribution in [3.05, 3.63) is 64.6 Å². The number of hydrogen-bond donors (Lipinski definition) is 0. The number of aromatic nitrogens is 4. The molecule has 1 atom stereocenters. The molecule has 0 aliphatic carbocycles. The first-order valence-electron chi connectivity index (χ1n) is 10.4. The summed E-state index contributed by atoms with van der Waals surface area (Å²) in [7, 11) is 2.03. The molecule has 4 heterocycles. The van der Waals surface area contributed by atoms with Gasteiger partial charge in [-0.1, -0.05) is 30.3 Å². The summed E-state index contributed by atoms with van der Waals surface area (Å²) in [4.78, 5) is 21.5. The largest absolute Gasteiger partial charge is 0.337 e. The molecule has 7 nitrogen and oxygen atoms in total. The molecule has 2 aromatic heterocycles. The van der Waals surface area contributed by atoms with Crippen molar-refractivity contribution in [2.45, 2.75) is 25.3 Å². The molecule has 8 heteroatoms. The topological polar surface area (TPSA) is 67.2 Å². The van der Waals surface area contributed by atoms with Crippen molar-refractivity contribution in [2.75, 3.05) is 26.2 Å². The van der Waals surface area contributed by atoms with Gasteiger partial charge in [-0.3, -0.25) is 9.69 Å². The van der Waals surface area contributed by atoms with Gasteiger partial charge in [-0.05, 0) is 23.8 Å². The minimum atomic E-state index is 0.0560. The third kappa shape index (κ3) is 3.54. The monoisotopic (exact) mass is 422 g/mol. The lowest BCUT2D eigenvalue weighted by atomic mass is 9.70. The van der Waals surface area contributed by atoms with Crippen molar-refractivity contribution < 1.29 is 4.79 Å². The fourth-order valence-electron chi connectivity index (χ4n) is 5.14. The van der Waals surface area contributed by atoms with Gasteiger partial charge in [0, 0.05) is 51.1 Å². The summed E-state index contributed by atoms with van der Waals surface area (Å²) in [5.74, 6) is 1.44. The van der Waals surface area contributed by atoms with Gasteiger partial charge in [0.15, 0.2) is 0 Å². The molecule has 1 amide bonds. The lowest BCUT2D eigenvalue weighted by Gasteiger charge is -2.42. The zero-order valence-electron chi connectivity index (χ0n) is 17.1. The summed E-state index contributed by atoms with van der Waals surface area (Å²) in [6, 6.07) is 10.6. The van der Waals surface area contributed by atoms with E-state index < -0.39 is 0 Å². The quantitative estimate of drug-likeness (QED) is 0.647. The van der Waals surface area contributed by atoms with Crippen molar-refractivity contribution in [3.8, 4) is 0 Å². The smallest absolute Gasteiger partial charge is 0.273 e.